The topological polar surface area (TPSA) is 89.6 Å². The van der Waals surface area contributed by atoms with Crippen molar-refractivity contribution in [2.45, 2.75) is 18.8 Å². The first kappa shape index (κ1) is 18.6. The van der Waals surface area contributed by atoms with Crippen LogP contribution in [0.4, 0.5) is 15.2 Å². The van der Waals surface area contributed by atoms with Gasteiger partial charge in [0.2, 0.25) is 12.7 Å². The van der Waals surface area contributed by atoms with Crippen molar-refractivity contribution < 1.29 is 23.5 Å². The number of aromatic nitrogens is 1. The SMILES string of the molecule is O=C(Nc1nc2c(s1)CCC2C(=O)Nc1ccc(F)cc1)c1ccc2c(c1)OCO2. The summed E-state index contributed by atoms with van der Waals surface area (Å²) in [6.45, 7) is 0.140. The van der Waals surface area contributed by atoms with Gasteiger partial charge < -0.3 is 14.8 Å². The standard InChI is InChI=1S/C21H16FN3O4S/c22-12-2-4-13(5-3-12)23-20(27)14-6-8-17-18(14)24-21(30-17)25-19(26)11-1-7-15-16(9-11)29-10-28-15/h1-5,7,9,14H,6,8,10H2,(H,23,27)(H,24,25,26). The lowest BCUT2D eigenvalue weighted by Gasteiger charge is -2.10. The summed E-state index contributed by atoms with van der Waals surface area (Å²) in [5, 5.41) is 6.04. The number of ether oxygens (including phenoxy) is 2. The fourth-order valence-electron chi connectivity index (χ4n) is 3.51. The first-order valence-electron chi connectivity index (χ1n) is 9.34. The fourth-order valence-corrected chi connectivity index (χ4v) is 4.54. The first-order valence-corrected chi connectivity index (χ1v) is 10.2. The van der Waals surface area contributed by atoms with E-state index in [1.807, 2.05) is 0 Å². The molecule has 1 aliphatic heterocycles. The summed E-state index contributed by atoms with van der Waals surface area (Å²) in [6.07, 6.45) is 1.37. The molecule has 0 fully saturated rings. The van der Waals surface area contributed by atoms with Gasteiger partial charge in [-0.1, -0.05) is 0 Å². The number of halogens is 1. The van der Waals surface area contributed by atoms with Crippen LogP contribution in [0, 0.1) is 5.82 Å². The Morgan fingerprint density at radius 2 is 1.87 bits per heavy atom. The smallest absolute Gasteiger partial charge is 0.257 e. The van der Waals surface area contributed by atoms with Crippen LogP contribution in [-0.4, -0.2) is 23.6 Å². The number of hydrogen-bond donors (Lipinski definition) is 2. The van der Waals surface area contributed by atoms with Crippen molar-refractivity contribution >= 4 is 34.0 Å². The zero-order valence-electron chi connectivity index (χ0n) is 15.6. The minimum Gasteiger partial charge on any atom is -0.454 e. The number of fused-ring (bicyclic) bond motifs is 2. The Labute approximate surface area is 174 Å². The number of amides is 2. The van der Waals surface area contributed by atoms with E-state index in [-0.39, 0.29) is 24.4 Å². The van der Waals surface area contributed by atoms with Gasteiger partial charge in [0.05, 0.1) is 11.6 Å². The molecular weight excluding hydrogens is 409 g/mol. The predicted molar refractivity (Wildman–Crippen MR) is 109 cm³/mol. The van der Waals surface area contributed by atoms with Crippen molar-refractivity contribution in [1.29, 1.82) is 0 Å². The average Bonchev–Trinajstić information content (AvgIpc) is 3.44. The Morgan fingerprint density at radius 3 is 2.70 bits per heavy atom. The van der Waals surface area contributed by atoms with E-state index < -0.39 is 5.92 Å². The molecule has 3 aromatic rings. The van der Waals surface area contributed by atoms with Crippen molar-refractivity contribution in [3.63, 3.8) is 0 Å². The van der Waals surface area contributed by atoms with Crippen LogP contribution < -0.4 is 20.1 Å². The van der Waals surface area contributed by atoms with Gasteiger partial charge >= 0.3 is 0 Å². The molecule has 5 rings (SSSR count). The van der Waals surface area contributed by atoms with Crippen molar-refractivity contribution in [1.82, 2.24) is 4.98 Å². The summed E-state index contributed by atoms with van der Waals surface area (Å²) >= 11 is 1.37. The van der Waals surface area contributed by atoms with E-state index in [1.165, 1.54) is 35.6 Å². The monoisotopic (exact) mass is 425 g/mol. The van der Waals surface area contributed by atoms with E-state index in [2.05, 4.69) is 15.6 Å². The maximum atomic E-state index is 13.0. The predicted octanol–water partition coefficient (Wildman–Crippen LogP) is 3.93. The van der Waals surface area contributed by atoms with E-state index >= 15 is 0 Å². The molecule has 2 aliphatic rings. The molecule has 0 bridgehead atoms. The molecule has 152 valence electrons. The molecule has 2 amide bonds. The Bertz CT molecular complexity index is 1150. The lowest BCUT2D eigenvalue weighted by molar-refractivity contribution is -0.117. The van der Waals surface area contributed by atoms with Crippen LogP contribution in [0.25, 0.3) is 0 Å². The first-order chi connectivity index (χ1) is 14.6. The minimum absolute atomic E-state index is 0.140. The van der Waals surface area contributed by atoms with Crippen LogP contribution in [-0.2, 0) is 11.2 Å². The number of nitrogens with one attached hydrogen (secondary N) is 2. The van der Waals surface area contributed by atoms with Crippen molar-refractivity contribution in [3.8, 4) is 11.5 Å². The Balaban J connectivity index is 1.29. The number of benzene rings is 2. The van der Waals surface area contributed by atoms with Gasteiger partial charge in [0.25, 0.3) is 5.91 Å². The third-order valence-electron chi connectivity index (χ3n) is 5.00. The molecule has 30 heavy (non-hydrogen) atoms. The molecule has 1 unspecified atom stereocenters. The quantitative estimate of drug-likeness (QED) is 0.661. The van der Waals surface area contributed by atoms with Gasteiger partial charge in [-0.15, -0.1) is 11.3 Å². The Hall–Kier alpha value is -3.46. The van der Waals surface area contributed by atoms with Gasteiger partial charge in [-0.05, 0) is 55.3 Å². The van der Waals surface area contributed by atoms with E-state index in [1.54, 1.807) is 18.2 Å². The number of aryl methyl sites for hydroxylation is 1. The molecule has 2 heterocycles. The normalized spacial score (nSPS) is 16.2. The summed E-state index contributed by atoms with van der Waals surface area (Å²) in [4.78, 5) is 30.7. The number of thiazole rings is 1. The van der Waals surface area contributed by atoms with Gasteiger partial charge in [-0.2, -0.15) is 0 Å². The van der Waals surface area contributed by atoms with Gasteiger partial charge in [0, 0.05) is 16.1 Å². The molecular formula is C21H16FN3O4S. The second-order valence-electron chi connectivity index (χ2n) is 6.94. The number of nitrogens with zero attached hydrogens (tertiary/aromatic N) is 1. The molecule has 0 saturated heterocycles. The number of anilines is 2. The second-order valence-corrected chi connectivity index (χ2v) is 8.02. The number of carbonyl (C=O) groups excluding carboxylic acids is 2. The maximum absolute atomic E-state index is 13.0. The zero-order chi connectivity index (χ0) is 20.7. The van der Waals surface area contributed by atoms with Gasteiger partial charge in [-0.3, -0.25) is 14.9 Å². The fraction of sp³-hybridized carbons (Fsp3) is 0.190. The van der Waals surface area contributed by atoms with E-state index in [0.29, 0.717) is 46.4 Å². The number of carbonyl (C=O) groups is 2. The largest absolute Gasteiger partial charge is 0.454 e. The lowest BCUT2D eigenvalue weighted by atomic mass is 10.1. The van der Waals surface area contributed by atoms with E-state index in [9.17, 15) is 14.0 Å². The minimum atomic E-state index is -0.405. The Morgan fingerprint density at radius 1 is 1.07 bits per heavy atom. The third-order valence-corrected chi connectivity index (χ3v) is 6.05. The summed E-state index contributed by atoms with van der Waals surface area (Å²) in [5.41, 5.74) is 1.64. The summed E-state index contributed by atoms with van der Waals surface area (Å²) in [7, 11) is 0. The number of rotatable bonds is 4. The highest BCUT2D eigenvalue weighted by molar-refractivity contribution is 7.16. The highest BCUT2D eigenvalue weighted by atomic mass is 32.1. The van der Waals surface area contributed by atoms with E-state index in [4.69, 9.17) is 9.47 Å². The van der Waals surface area contributed by atoms with Gasteiger partial charge in [0.15, 0.2) is 16.6 Å². The van der Waals surface area contributed by atoms with Crippen molar-refractivity contribution in [2.75, 3.05) is 17.4 Å². The molecule has 0 radical (unpaired) electrons. The van der Waals surface area contributed by atoms with E-state index in [0.717, 1.165) is 4.88 Å². The molecule has 9 heteroatoms. The van der Waals surface area contributed by atoms with Crippen LogP contribution >= 0.6 is 11.3 Å². The number of hydrogen-bond acceptors (Lipinski definition) is 6. The van der Waals surface area contributed by atoms with Crippen LogP contribution in [0.2, 0.25) is 0 Å². The molecule has 0 saturated carbocycles. The molecule has 1 aromatic heterocycles. The molecule has 0 spiro atoms. The summed E-state index contributed by atoms with van der Waals surface area (Å²) in [6, 6.07) is 10.6. The lowest BCUT2D eigenvalue weighted by Crippen LogP contribution is -2.20. The molecule has 2 N–H and O–H groups in total. The van der Waals surface area contributed by atoms with Crippen molar-refractivity contribution in [3.05, 3.63) is 64.4 Å². The molecule has 1 atom stereocenters. The van der Waals surface area contributed by atoms with Crippen LogP contribution in [0.15, 0.2) is 42.5 Å². The average molecular weight is 425 g/mol. The summed E-state index contributed by atoms with van der Waals surface area (Å²) < 4.78 is 23.6. The zero-order valence-corrected chi connectivity index (χ0v) is 16.4. The highest BCUT2D eigenvalue weighted by Crippen LogP contribution is 2.39. The Kier molecular flexibility index (Phi) is 4.59. The third kappa shape index (κ3) is 3.48. The van der Waals surface area contributed by atoms with Gasteiger partial charge in [0.1, 0.15) is 5.82 Å². The van der Waals surface area contributed by atoms with Crippen molar-refractivity contribution in [2.24, 2.45) is 0 Å². The molecule has 7 nitrogen and oxygen atoms in total. The maximum Gasteiger partial charge on any atom is 0.257 e. The van der Waals surface area contributed by atoms with Crippen LogP contribution in [0.1, 0.15) is 33.3 Å². The summed E-state index contributed by atoms with van der Waals surface area (Å²) in [5.74, 6) is -0.139. The van der Waals surface area contributed by atoms with Crippen LogP contribution in [0.5, 0.6) is 11.5 Å². The second kappa shape index (κ2) is 7.42. The van der Waals surface area contributed by atoms with Crippen LogP contribution in [0.3, 0.4) is 0 Å². The highest BCUT2D eigenvalue weighted by Gasteiger charge is 2.33. The molecule has 2 aromatic carbocycles. The molecule has 1 aliphatic carbocycles. The van der Waals surface area contributed by atoms with Gasteiger partial charge in [-0.25, -0.2) is 9.37 Å².